The Kier molecular flexibility index (Phi) is 6.04. The Bertz CT molecular complexity index is 618. The number of hydrogen-bond acceptors (Lipinski definition) is 4. The average Bonchev–Trinajstić information content (AvgIpc) is 2.70. The monoisotopic (exact) mass is 336 g/mol. The molecular weight excluding hydrogens is 316 g/mol. The number of nitrogens with one attached hydrogen (secondary N) is 2. The number of rotatable bonds is 6. The first-order chi connectivity index (χ1) is 11.0. The van der Waals surface area contributed by atoms with Gasteiger partial charge in [0.1, 0.15) is 6.04 Å². The number of carboxylic acid groups (broad SMARTS) is 1. The molecule has 0 spiro atoms. The van der Waals surface area contributed by atoms with Gasteiger partial charge in [-0.3, -0.25) is 9.59 Å². The van der Waals surface area contributed by atoms with Crippen LogP contribution in [0.3, 0.4) is 0 Å². The summed E-state index contributed by atoms with van der Waals surface area (Å²) in [6.45, 7) is 0. The second-order valence-corrected chi connectivity index (χ2v) is 6.41. The summed E-state index contributed by atoms with van der Waals surface area (Å²) in [6.07, 6.45) is 4.18. The molecule has 23 heavy (non-hydrogen) atoms. The summed E-state index contributed by atoms with van der Waals surface area (Å²) in [5.74, 6) is -0.803. The molecule has 2 rings (SSSR count). The Hall–Kier alpha value is -2.02. The number of aryl methyl sites for hydroxylation is 1. The van der Waals surface area contributed by atoms with Crippen molar-refractivity contribution < 1.29 is 19.5 Å². The smallest absolute Gasteiger partial charge is 0.326 e. The van der Waals surface area contributed by atoms with Gasteiger partial charge in [0.15, 0.2) is 0 Å². The fourth-order valence-corrected chi connectivity index (χ4v) is 2.92. The van der Waals surface area contributed by atoms with Gasteiger partial charge in [-0.1, -0.05) is 0 Å². The van der Waals surface area contributed by atoms with Crippen molar-refractivity contribution in [3.63, 3.8) is 0 Å². The molecule has 7 heteroatoms. The minimum absolute atomic E-state index is 0.0241. The summed E-state index contributed by atoms with van der Waals surface area (Å²) >= 11 is 1.54. The van der Waals surface area contributed by atoms with Crippen LogP contribution in [0.1, 0.15) is 35.2 Å². The van der Waals surface area contributed by atoms with E-state index >= 15 is 0 Å². The molecule has 0 radical (unpaired) electrons. The highest BCUT2D eigenvalue weighted by Gasteiger charge is 2.21. The average molecular weight is 336 g/mol. The normalized spacial score (nSPS) is 15.1. The van der Waals surface area contributed by atoms with Gasteiger partial charge >= 0.3 is 5.97 Å². The summed E-state index contributed by atoms with van der Waals surface area (Å²) in [5, 5.41) is 14.6. The molecule has 0 fully saturated rings. The Labute approximate surface area is 139 Å². The Morgan fingerprint density at radius 3 is 2.87 bits per heavy atom. The van der Waals surface area contributed by atoms with Gasteiger partial charge in [-0.2, -0.15) is 11.8 Å². The van der Waals surface area contributed by atoms with Crippen molar-refractivity contribution in [3.05, 3.63) is 29.3 Å². The molecule has 1 aromatic carbocycles. The maximum atomic E-state index is 12.3. The zero-order chi connectivity index (χ0) is 16.8. The minimum Gasteiger partial charge on any atom is -0.480 e. The molecule has 1 atom stereocenters. The first-order valence-corrected chi connectivity index (χ1v) is 8.86. The number of amides is 2. The van der Waals surface area contributed by atoms with Gasteiger partial charge in [0.2, 0.25) is 5.91 Å². The fourth-order valence-electron chi connectivity index (χ4n) is 2.45. The molecular formula is C16H20N2O4S. The number of hydrogen-bond donors (Lipinski definition) is 3. The SMILES string of the molecule is CSCCC(NC(=O)c1ccc2c(c1)CCCC(=O)N2)C(=O)O. The number of thioether (sulfide) groups is 1. The third kappa shape index (κ3) is 4.72. The maximum absolute atomic E-state index is 12.3. The number of fused-ring (bicyclic) bond motifs is 1. The van der Waals surface area contributed by atoms with Gasteiger partial charge in [-0.05, 0) is 55.0 Å². The van der Waals surface area contributed by atoms with Crippen molar-refractivity contribution in [2.45, 2.75) is 31.7 Å². The van der Waals surface area contributed by atoms with Gasteiger partial charge in [0.25, 0.3) is 5.91 Å². The molecule has 1 aromatic rings. The lowest BCUT2D eigenvalue weighted by Gasteiger charge is -2.15. The number of anilines is 1. The van der Waals surface area contributed by atoms with Crippen molar-refractivity contribution in [2.24, 2.45) is 0 Å². The first kappa shape index (κ1) is 17.3. The molecule has 0 aliphatic carbocycles. The quantitative estimate of drug-likeness (QED) is 0.737. The van der Waals surface area contributed by atoms with Crippen molar-refractivity contribution in [3.8, 4) is 0 Å². The van der Waals surface area contributed by atoms with Crippen molar-refractivity contribution in [1.29, 1.82) is 0 Å². The molecule has 6 nitrogen and oxygen atoms in total. The highest BCUT2D eigenvalue weighted by molar-refractivity contribution is 7.98. The summed E-state index contributed by atoms with van der Waals surface area (Å²) in [6, 6.07) is 4.13. The predicted molar refractivity (Wildman–Crippen MR) is 89.9 cm³/mol. The molecule has 2 amide bonds. The van der Waals surface area contributed by atoms with E-state index in [1.54, 1.807) is 18.2 Å². The van der Waals surface area contributed by atoms with Crippen LogP contribution < -0.4 is 10.6 Å². The molecule has 124 valence electrons. The lowest BCUT2D eigenvalue weighted by atomic mass is 10.0. The van der Waals surface area contributed by atoms with E-state index in [4.69, 9.17) is 0 Å². The molecule has 1 unspecified atom stereocenters. The van der Waals surface area contributed by atoms with E-state index in [2.05, 4.69) is 10.6 Å². The molecule has 0 aromatic heterocycles. The second-order valence-electron chi connectivity index (χ2n) is 5.42. The van der Waals surface area contributed by atoms with Crippen LogP contribution in [0.15, 0.2) is 18.2 Å². The van der Waals surface area contributed by atoms with Crippen LogP contribution in [0, 0.1) is 0 Å². The second kappa shape index (κ2) is 8.01. The number of benzene rings is 1. The van der Waals surface area contributed by atoms with Gasteiger partial charge in [0.05, 0.1) is 0 Å². The van der Waals surface area contributed by atoms with Crippen LogP contribution >= 0.6 is 11.8 Å². The van der Waals surface area contributed by atoms with Crippen LogP contribution in [-0.2, 0) is 16.0 Å². The van der Waals surface area contributed by atoms with Crippen LogP contribution in [0.4, 0.5) is 5.69 Å². The third-order valence-corrected chi connectivity index (χ3v) is 4.35. The van der Waals surface area contributed by atoms with Crippen molar-refractivity contribution in [1.82, 2.24) is 5.32 Å². The van der Waals surface area contributed by atoms with Crippen LogP contribution in [0.25, 0.3) is 0 Å². The Morgan fingerprint density at radius 2 is 2.17 bits per heavy atom. The largest absolute Gasteiger partial charge is 0.480 e. The lowest BCUT2D eigenvalue weighted by molar-refractivity contribution is -0.139. The van der Waals surface area contributed by atoms with Gasteiger partial charge in [-0.25, -0.2) is 4.79 Å². The highest BCUT2D eigenvalue weighted by Crippen LogP contribution is 2.23. The molecule has 0 bridgehead atoms. The van der Waals surface area contributed by atoms with E-state index in [0.29, 0.717) is 30.6 Å². The summed E-state index contributed by atoms with van der Waals surface area (Å²) in [4.78, 5) is 35.0. The van der Waals surface area contributed by atoms with Crippen molar-refractivity contribution in [2.75, 3.05) is 17.3 Å². The summed E-state index contributed by atoms with van der Waals surface area (Å²) in [7, 11) is 0. The molecule has 1 aliphatic rings. The van der Waals surface area contributed by atoms with Gasteiger partial charge < -0.3 is 15.7 Å². The maximum Gasteiger partial charge on any atom is 0.326 e. The van der Waals surface area contributed by atoms with E-state index in [9.17, 15) is 19.5 Å². The third-order valence-electron chi connectivity index (χ3n) is 3.71. The molecule has 0 saturated heterocycles. The lowest BCUT2D eigenvalue weighted by Crippen LogP contribution is -2.41. The van der Waals surface area contributed by atoms with Crippen LogP contribution in [0.5, 0.6) is 0 Å². The molecule has 1 heterocycles. The highest BCUT2D eigenvalue weighted by atomic mass is 32.2. The number of aliphatic carboxylic acids is 1. The van der Waals surface area contributed by atoms with Crippen LogP contribution in [-0.4, -0.2) is 40.9 Å². The zero-order valence-electron chi connectivity index (χ0n) is 12.9. The molecule has 3 N–H and O–H groups in total. The van der Waals surface area contributed by atoms with E-state index < -0.39 is 17.9 Å². The van der Waals surface area contributed by atoms with E-state index in [-0.39, 0.29) is 5.91 Å². The number of carboxylic acids is 1. The Morgan fingerprint density at radius 1 is 1.39 bits per heavy atom. The summed E-state index contributed by atoms with van der Waals surface area (Å²) in [5.41, 5.74) is 2.04. The van der Waals surface area contributed by atoms with Crippen molar-refractivity contribution >= 4 is 35.2 Å². The van der Waals surface area contributed by atoms with E-state index in [0.717, 1.165) is 17.7 Å². The fraction of sp³-hybridized carbons (Fsp3) is 0.438. The van der Waals surface area contributed by atoms with E-state index in [1.165, 1.54) is 11.8 Å². The zero-order valence-corrected chi connectivity index (χ0v) is 13.7. The first-order valence-electron chi connectivity index (χ1n) is 7.46. The predicted octanol–water partition coefficient (Wildman–Crippen LogP) is 1.90. The van der Waals surface area contributed by atoms with Crippen LogP contribution in [0.2, 0.25) is 0 Å². The number of carbonyl (C=O) groups excluding carboxylic acids is 2. The molecule has 1 aliphatic heterocycles. The summed E-state index contributed by atoms with van der Waals surface area (Å²) < 4.78 is 0. The molecule has 0 saturated carbocycles. The van der Waals surface area contributed by atoms with Gasteiger partial charge in [0, 0.05) is 17.7 Å². The minimum atomic E-state index is -1.03. The Balaban J connectivity index is 2.11. The van der Waals surface area contributed by atoms with Gasteiger partial charge in [-0.15, -0.1) is 0 Å². The standard InChI is InChI=1S/C16H20N2O4S/c1-23-8-7-13(16(21)22)18-15(20)11-5-6-12-10(9-11)3-2-4-14(19)17-12/h5-6,9,13H,2-4,7-8H2,1H3,(H,17,19)(H,18,20)(H,21,22). The topological polar surface area (TPSA) is 95.5 Å². The number of carbonyl (C=O) groups is 3. The van der Waals surface area contributed by atoms with E-state index in [1.807, 2.05) is 6.26 Å².